The van der Waals surface area contributed by atoms with Crippen molar-refractivity contribution in [3.05, 3.63) is 66.0 Å². The molecule has 2 unspecified atom stereocenters. The third-order valence-corrected chi connectivity index (χ3v) is 4.15. The quantitative estimate of drug-likeness (QED) is 0.759. The minimum Gasteiger partial charge on any atom is -0.392 e. The molecule has 0 saturated heterocycles. The predicted molar refractivity (Wildman–Crippen MR) is 102 cm³/mol. The van der Waals surface area contributed by atoms with Crippen molar-refractivity contribution in [2.45, 2.75) is 32.9 Å². The lowest BCUT2D eigenvalue weighted by Crippen LogP contribution is -2.42. The van der Waals surface area contributed by atoms with Crippen molar-refractivity contribution >= 4 is 11.6 Å². The summed E-state index contributed by atoms with van der Waals surface area (Å²) in [6.45, 7) is 6.22. The zero-order valence-electron chi connectivity index (χ0n) is 15.5. The van der Waals surface area contributed by atoms with E-state index in [0.29, 0.717) is 6.54 Å². The molecule has 0 heterocycles. The van der Waals surface area contributed by atoms with Crippen LogP contribution in [-0.4, -0.2) is 30.2 Å². The van der Waals surface area contributed by atoms with Crippen LogP contribution in [0.5, 0.6) is 0 Å². The maximum absolute atomic E-state index is 13.2. The monoisotopic (exact) mass is 358 g/mol. The minimum absolute atomic E-state index is 0.138. The second kappa shape index (κ2) is 9.34. The number of anilines is 1. The highest BCUT2D eigenvalue weighted by molar-refractivity contribution is 5.81. The van der Waals surface area contributed by atoms with Gasteiger partial charge in [-0.15, -0.1) is 0 Å². The van der Waals surface area contributed by atoms with E-state index in [2.05, 4.69) is 5.32 Å². The van der Waals surface area contributed by atoms with E-state index in [0.717, 1.165) is 11.3 Å². The SMILES string of the molecule is CC(O)CN(CC(=O)NC(c1ccc(F)cc1)C(C)C)c1ccccc1. The molecule has 4 nitrogen and oxygen atoms in total. The number of carbonyl (C=O) groups is 1. The van der Waals surface area contributed by atoms with Crippen LogP contribution in [0.2, 0.25) is 0 Å². The van der Waals surface area contributed by atoms with Gasteiger partial charge in [-0.1, -0.05) is 44.2 Å². The Kier molecular flexibility index (Phi) is 7.16. The van der Waals surface area contributed by atoms with Gasteiger partial charge in [-0.25, -0.2) is 4.39 Å². The van der Waals surface area contributed by atoms with Gasteiger partial charge >= 0.3 is 0 Å². The molecular weight excluding hydrogens is 331 g/mol. The molecule has 0 aliphatic heterocycles. The first-order chi connectivity index (χ1) is 12.4. The third-order valence-electron chi connectivity index (χ3n) is 4.15. The number of carbonyl (C=O) groups excluding carboxylic acids is 1. The Hall–Kier alpha value is -2.40. The lowest BCUT2D eigenvalue weighted by Gasteiger charge is -2.28. The van der Waals surface area contributed by atoms with Crippen molar-refractivity contribution in [1.29, 1.82) is 0 Å². The molecule has 2 aromatic rings. The number of nitrogens with zero attached hydrogens (tertiary/aromatic N) is 1. The average molecular weight is 358 g/mol. The number of para-hydroxylation sites is 1. The van der Waals surface area contributed by atoms with Crippen LogP contribution in [0.3, 0.4) is 0 Å². The molecule has 2 N–H and O–H groups in total. The highest BCUT2D eigenvalue weighted by atomic mass is 19.1. The van der Waals surface area contributed by atoms with Crippen LogP contribution >= 0.6 is 0 Å². The Bertz CT molecular complexity index is 687. The zero-order valence-corrected chi connectivity index (χ0v) is 15.5. The van der Waals surface area contributed by atoms with Crippen LogP contribution < -0.4 is 10.2 Å². The van der Waals surface area contributed by atoms with Gasteiger partial charge in [-0.2, -0.15) is 0 Å². The molecule has 2 atom stereocenters. The third kappa shape index (κ3) is 5.85. The summed E-state index contributed by atoms with van der Waals surface area (Å²) in [7, 11) is 0. The van der Waals surface area contributed by atoms with E-state index in [1.54, 1.807) is 19.1 Å². The summed E-state index contributed by atoms with van der Waals surface area (Å²) < 4.78 is 13.2. The minimum atomic E-state index is -0.555. The zero-order chi connectivity index (χ0) is 19.1. The number of hydrogen-bond donors (Lipinski definition) is 2. The lowest BCUT2D eigenvalue weighted by atomic mass is 9.96. The first-order valence-corrected chi connectivity index (χ1v) is 8.89. The van der Waals surface area contributed by atoms with Gasteiger partial charge in [0.1, 0.15) is 5.82 Å². The molecule has 2 rings (SSSR count). The van der Waals surface area contributed by atoms with E-state index in [9.17, 15) is 14.3 Å². The molecule has 0 spiro atoms. The fourth-order valence-electron chi connectivity index (χ4n) is 2.92. The van der Waals surface area contributed by atoms with Crippen LogP contribution in [0, 0.1) is 11.7 Å². The van der Waals surface area contributed by atoms with Gasteiger partial charge < -0.3 is 15.3 Å². The number of hydrogen-bond acceptors (Lipinski definition) is 3. The van der Waals surface area contributed by atoms with E-state index in [-0.39, 0.29) is 30.2 Å². The molecule has 2 aromatic carbocycles. The van der Waals surface area contributed by atoms with Gasteiger partial charge in [-0.05, 0) is 42.7 Å². The second-order valence-corrected chi connectivity index (χ2v) is 6.91. The maximum Gasteiger partial charge on any atom is 0.240 e. The number of benzene rings is 2. The highest BCUT2D eigenvalue weighted by Gasteiger charge is 2.20. The molecule has 140 valence electrons. The normalized spacial score (nSPS) is 13.3. The maximum atomic E-state index is 13.2. The van der Waals surface area contributed by atoms with Crippen LogP contribution in [0.15, 0.2) is 54.6 Å². The summed E-state index contributed by atoms with van der Waals surface area (Å²) in [5.74, 6) is -0.279. The molecule has 0 fully saturated rings. The molecule has 1 amide bonds. The molecule has 0 aliphatic rings. The molecule has 5 heteroatoms. The van der Waals surface area contributed by atoms with Crippen molar-refractivity contribution in [1.82, 2.24) is 5.32 Å². The summed E-state index contributed by atoms with van der Waals surface area (Å²) in [5.41, 5.74) is 1.75. The first-order valence-electron chi connectivity index (χ1n) is 8.89. The first kappa shape index (κ1) is 19.9. The van der Waals surface area contributed by atoms with E-state index < -0.39 is 6.10 Å². The smallest absolute Gasteiger partial charge is 0.240 e. The Morgan fingerprint density at radius 2 is 1.69 bits per heavy atom. The van der Waals surface area contributed by atoms with Crippen molar-refractivity contribution in [3.8, 4) is 0 Å². The van der Waals surface area contributed by atoms with E-state index in [1.165, 1.54) is 12.1 Å². The fourth-order valence-corrected chi connectivity index (χ4v) is 2.92. The van der Waals surface area contributed by atoms with E-state index in [1.807, 2.05) is 49.1 Å². The van der Waals surface area contributed by atoms with E-state index >= 15 is 0 Å². The van der Waals surface area contributed by atoms with Crippen LogP contribution in [0.1, 0.15) is 32.4 Å². The summed E-state index contributed by atoms with van der Waals surface area (Å²) in [5, 5.41) is 12.8. The molecule has 0 bridgehead atoms. The topological polar surface area (TPSA) is 52.6 Å². The van der Waals surface area contributed by atoms with E-state index in [4.69, 9.17) is 0 Å². The molecule has 26 heavy (non-hydrogen) atoms. The number of rotatable bonds is 8. The molecule has 0 aliphatic carbocycles. The van der Waals surface area contributed by atoms with Gasteiger partial charge in [0, 0.05) is 12.2 Å². The Labute approximate surface area is 154 Å². The number of aliphatic hydroxyl groups is 1. The second-order valence-electron chi connectivity index (χ2n) is 6.91. The Morgan fingerprint density at radius 3 is 2.23 bits per heavy atom. The Morgan fingerprint density at radius 1 is 1.08 bits per heavy atom. The molecule has 0 radical (unpaired) electrons. The van der Waals surface area contributed by atoms with Gasteiger partial charge in [0.25, 0.3) is 0 Å². The molecule has 0 saturated carbocycles. The van der Waals surface area contributed by atoms with Gasteiger partial charge in [0.15, 0.2) is 0 Å². The number of amides is 1. The summed E-state index contributed by atoms with van der Waals surface area (Å²) in [4.78, 5) is 14.5. The van der Waals surface area contributed by atoms with Gasteiger partial charge in [0.05, 0.1) is 18.7 Å². The largest absolute Gasteiger partial charge is 0.392 e. The fraction of sp³-hybridized carbons (Fsp3) is 0.381. The summed E-state index contributed by atoms with van der Waals surface area (Å²) in [6.07, 6.45) is -0.555. The lowest BCUT2D eigenvalue weighted by molar-refractivity contribution is -0.120. The molecule has 0 aromatic heterocycles. The Balaban J connectivity index is 2.10. The van der Waals surface area contributed by atoms with Crippen LogP contribution in [-0.2, 0) is 4.79 Å². The number of nitrogens with one attached hydrogen (secondary N) is 1. The number of halogens is 1. The summed E-state index contributed by atoms with van der Waals surface area (Å²) >= 11 is 0. The van der Waals surface area contributed by atoms with Gasteiger partial charge in [-0.3, -0.25) is 4.79 Å². The predicted octanol–water partition coefficient (Wildman–Crippen LogP) is 3.53. The summed E-state index contributed by atoms with van der Waals surface area (Å²) in [6, 6.07) is 15.5. The van der Waals surface area contributed by atoms with Crippen molar-refractivity contribution in [2.75, 3.05) is 18.0 Å². The highest BCUT2D eigenvalue weighted by Crippen LogP contribution is 2.22. The standard InChI is InChI=1S/C21H27FN2O2/c1-15(2)21(17-9-11-18(22)12-10-17)23-20(26)14-24(13-16(3)25)19-7-5-4-6-8-19/h4-12,15-16,21,25H,13-14H2,1-3H3,(H,23,26). The van der Waals surface area contributed by atoms with Gasteiger partial charge in [0.2, 0.25) is 5.91 Å². The average Bonchev–Trinajstić information content (AvgIpc) is 2.60. The van der Waals surface area contributed by atoms with Crippen LogP contribution in [0.25, 0.3) is 0 Å². The molecular formula is C21H27FN2O2. The number of aliphatic hydroxyl groups excluding tert-OH is 1. The van der Waals surface area contributed by atoms with Crippen molar-refractivity contribution in [3.63, 3.8) is 0 Å². The van der Waals surface area contributed by atoms with Crippen molar-refractivity contribution < 1.29 is 14.3 Å². The van der Waals surface area contributed by atoms with Crippen LogP contribution in [0.4, 0.5) is 10.1 Å². The van der Waals surface area contributed by atoms with Crippen molar-refractivity contribution in [2.24, 2.45) is 5.92 Å².